The number of esters is 1. The summed E-state index contributed by atoms with van der Waals surface area (Å²) in [5, 5.41) is 1.30. The Hall–Kier alpha value is -1.82. The quantitative estimate of drug-likeness (QED) is 0.636. The van der Waals surface area contributed by atoms with Gasteiger partial charge in [0.15, 0.2) is 11.5 Å². The van der Waals surface area contributed by atoms with Gasteiger partial charge in [0.1, 0.15) is 0 Å². The first kappa shape index (κ1) is 13.2. The van der Waals surface area contributed by atoms with Gasteiger partial charge in [0, 0.05) is 16.8 Å². The second kappa shape index (κ2) is 5.28. The van der Waals surface area contributed by atoms with Gasteiger partial charge in [-0.15, -0.1) is 0 Å². The normalized spacial score (nSPS) is 12.7. The van der Waals surface area contributed by atoms with Crippen molar-refractivity contribution < 1.29 is 19.0 Å². The van der Waals surface area contributed by atoms with E-state index in [1.807, 2.05) is 12.1 Å². The molecule has 0 saturated heterocycles. The van der Waals surface area contributed by atoms with Crippen molar-refractivity contribution in [2.24, 2.45) is 0 Å². The topological polar surface area (TPSA) is 57.7 Å². The summed E-state index contributed by atoms with van der Waals surface area (Å²) in [5.41, 5.74) is 1.88. The second-order valence-corrected chi connectivity index (χ2v) is 4.80. The van der Waals surface area contributed by atoms with E-state index < -0.39 is 0 Å². The van der Waals surface area contributed by atoms with Crippen LogP contribution in [0.5, 0.6) is 11.5 Å². The molecule has 0 amide bonds. The van der Waals surface area contributed by atoms with Crippen molar-refractivity contribution in [2.45, 2.75) is 12.3 Å². The summed E-state index contributed by atoms with van der Waals surface area (Å²) in [4.78, 5) is 16.5. The minimum absolute atomic E-state index is 0.210. The SMILES string of the molecule is CCOC(=O)c1cc2cc3c(cc2nc1CBr)OCO3. The van der Waals surface area contributed by atoms with Gasteiger partial charge in [-0.25, -0.2) is 4.79 Å². The third-order valence-electron chi connectivity index (χ3n) is 3.01. The summed E-state index contributed by atoms with van der Waals surface area (Å²) >= 11 is 3.35. The monoisotopic (exact) mass is 337 g/mol. The number of rotatable bonds is 3. The smallest absolute Gasteiger partial charge is 0.340 e. The average molecular weight is 338 g/mol. The Kier molecular flexibility index (Phi) is 3.48. The molecule has 0 saturated carbocycles. The van der Waals surface area contributed by atoms with E-state index in [4.69, 9.17) is 14.2 Å². The first-order valence-electron chi connectivity index (χ1n) is 6.19. The van der Waals surface area contributed by atoms with Crippen molar-refractivity contribution in [3.05, 3.63) is 29.5 Å². The Bertz CT molecular complexity index is 686. The molecule has 0 unspecified atom stereocenters. The van der Waals surface area contributed by atoms with Crippen molar-refractivity contribution in [3.8, 4) is 11.5 Å². The molecular formula is C14H12BrNO4. The summed E-state index contributed by atoms with van der Waals surface area (Å²) in [6.07, 6.45) is 0. The number of aromatic nitrogens is 1. The van der Waals surface area contributed by atoms with E-state index in [1.54, 1.807) is 13.0 Å². The Balaban J connectivity index is 2.15. The molecule has 6 heteroatoms. The van der Waals surface area contributed by atoms with Crippen LogP contribution in [0.25, 0.3) is 10.9 Å². The van der Waals surface area contributed by atoms with Crippen LogP contribution < -0.4 is 9.47 Å². The van der Waals surface area contributed by atoms with E-state index in [2.05, 4.69) is 20.9 Å². The number of hydrogen-bond acceptors (Lipinski definition) is 5. The van der Waals surface area contributed by atoms with Crippen LogP contribution in [-0.4, -0.2) is 24.4 Å². The van der Waals surface area contributed by atoms with Crippen LogP contribution in [0.3, 0.4) is 0 Å². The highest BCUT2D eigenvalue weighted by Gasteiger charge is 2.19. The fourth-order valence-electron chi connectivity index (χ4n) is 2.09. The van der Waals surface area contributed by atoms with Crippen molar-refractivity contribution in [2.75, 3.05) is 13.4 Å². The first-order valence-corrected chi connectivity index (χ1v) is 7.31. The number of pyridine rings is 1. The third kappa shape index (κ3) is 2.20. The van der Waals surface area contributed by atoms with Gasteiger partial charge in [0.05, 0.1) is 23.4 Å². The zero-order chi connectivity index (χ0) is 14.1. The maximum atomic E-state index is 12.0. The zero-order valence-electron chi connectivity index (χ0n) is 10.8. The lowest BCUT2D eigenvalue weighted by molar-refractivity contribution is 0.0525. The van der Waals surface area contributed by atoms with Gasteiger partial charge >= 0.3 is 5.97 Å². The molecule has 0 aliphatic carbocycles. The van der Waals surface area contributed by atoms with Crippen LogP contribution in [-0.2, 0) is 10.1 Å². The number of benzene rings is 1. The summed E-state index contributed by atoms with van der Waals surface area (Å²) in [6, 6.07) is 5.42. The van der Waals surface area contributed by atoms with E-state index in [9.17, 15) is 4.79 Å². The van der Waals surface area contributed by atoms with Gasteiger partial charge in [-0.1, -0.05) is 15.9 Å². The van der Waals surface area contributed by atoms with E-state index in [0.29, 0.717) is 34.7 Å². The molecule has 0 atom stereocenters. The third-order valence-corrected chi connectivity index (χ3v) is 3.54. The lowest BCUT2D eigenvalue weighted by atomic mass is 10.1. The van der Waals surface area contributed by atoms with Crippen molar-refractivity contribution in [1.29, 1.82) is 0 Å². The Morgan fingerprint density at radius 1 is 1.35 bits per heavy atom. The van der Waals surface area contributed by atoms with Crippen molar-refractivity contribution in [1.82, 2.24) is 4.98 Å². The van der Waals surface area contributed by atoms with Crippen LogP contribution >= 0.6 is 15.9 Å². The largest absolute Gasteiger partial charge is 0.462 e. The molecule has 5 nitrogen and oxygen atoms in total. The standard InChI is InChI=1S/C14H12BrNO4/c1-2-18-14(17)9-3-8-4-12-13(20-7-19-12)5-10(8)16-11(9)6-15/h3-5H,2,6-7H2,1H3. The summed E-state index contributed by atoms with van der Waals surface area (Å²) in [5.74, 6) is 0.976. The predicted octanol–water partition coefficient (Wildman–Crippen LogP) is 3.04. The number of hydrogen-bond donors (Lipinski definition) is 0. The Morgan fingerprint density at radius 3 is 2.80 bits per heavy atom. The summed E-state index contributed by atoms with van der Waals surface area (Å²) in [7, 11) is 0. The number of alkyl halides is 1. The van der Waals surface area contributed by atoms with Gasteiger partial charge in [-0.3, -0.25) is 4.98 Å². The lowest BCUT2D eigenvalue weighted by Gasteiger charge is -2.08. The molecule has 1 aliphatic rings. The second-order valence-electron chi connectivity index (χ2n) is 4.23. The molecule has 0 N–H and O–H groups in total. The Morgan fingerprint density at radius 2 is 2.10 bits per heavy atom. The molecule has 0 bridgehead atoms. The maximum absolute atomic E-state index is 12.0. The molecule has 20 heavy (non-hydrogen) atoms. The van der Waals surface area contributed by atoms with Crippen LogP contribution in [0.4, 0.5) is 0 Å². The van der Waals surface area contributed by atoms with Crippen LogP contribution in [0.15, 0.2) is 18.2 Å². The van der Waals surface area contributed by atoms with Gasteiger partial charge in [-0.2, -0.15) is 0 Å². The van der Waals surface area contributed by atoms with Gasteiger partial charge in [0.25, 0.3) is 0 Å². The van der Waals surface area contributed by atoms with Crippen LogP contribution in [0.2, 0.25) is 0 Å². The van der Waals surface area contributed by atoms with E-state index >= 15 is 0 Å². The van der Waals surface area contributed by atoms with Crippen LogP contribution in [0.1, 0.15) is 23.0 Å². The molecule has 0 fully saturated rings. The minimum Gasteiger partial charge on any atom is -0.462 e. The summed E-state index contributed by atoms with van der Waals surface area (Å²) in [6.45, 7) is 2.32. The molecule has 2 heterocycles. The Labute approximate surface area is 124 Å². The van der Waals surface area contributed by atoms with E-state index in [1.165, 1.54) is 0 Å². The highest BCUT2D eigenvalue weighted by molar-refractivity contribution is 9.08. The number of carbonyl (C=O) groups excluding carboxylic acids is 1. The number of fused-ring (bicyclic) bond motifs is 2. The summed E-state index contributed by atoms with van der Waals surface area (Å²) < 4.78 is 15.7. The highest BCUT2D eigenvalue weighted by Crippen LogP contribution is 2.36. The fraction of sp³-hybridized carbons (Fsp3) is 0.286. The molecule has 1 aliphatic heterocycles. The fourth-order valence-corrected chi connectivity index (χ4v) is 2.52. The molecular weight excluding hydrogens is 326 g/mol. The van der Waals surface area contributed by atoms with Gasteiger partial charge in [0.2, 0.25) is 6.79 Å². The van der Waals surface area contributed by atoms with E-state index in [-0.39, 0.29) is 12.8 Å². The molecule has 104 valence electrons. The first-order chi connectivity index (χ1) is 9.72. The molecule has 0 spiro atoms. The molecule has 1 aromatic carbocycles. The number of nitrogens with zero attached hydrogens (tertiary/aromatic N) is 1. The predicted molar refractivity (Wildman–Crippen MR) is 76.5 cm³/mol. The zero-order valence-corrected chi connectivity index (χ0v) is 12.4. The molecule has 1 aromatic heterocycles. The minimum atomic E-state index is -0.367. The number of ether oxygens (including phenoxy) is 3. The highest BCUT2D eigenvalue weighted by atomic mass is 79.9. The maximum Gasteiger partial charge on any atom is 0.340 e. The van der Waals surface area contributed by atoms with E-state index in [0.717, 1.165) is 10.9 Å². The number of carbonyl (C=O) groups is 1. The molecule has 2 aromatic rings. The van der Waals surface area contributed by atoms with Crippen LogP contribution in [0, 0.1) is 0 Å². The molecule has 3 rings (SSSR count). The van der Waals surface area contributed by atoms with Crippen molar-refractivity contribution >= 4 is 32.8 Å². The van der Waals surface area contributed by atoms with Gasteiger partial charge < -0.3 is 14.2 Å². The van der Waals surface area contributed by atoms with Crippen molar-refractivity contribution in [3.63, 3.8) is 0 Å². The van der Waals surface area contributed by atoms with Gasteiger partial charge in [-0.05, 0) is 19.1 Å². The average Bonchev–Trinajstić information content (AvgIpc) is 2.90. The number of halogens is 1. The molecule has 0 radical (unpaired) electrons. The lowest BCUT2D eigenvalue weighted by Crippen LogP contribution is -2.09.